The molecule has 0 amide bonds. The number of carboxylic acids is 1. The first-order valence-corrected chi connectivity index (χ1v) is 11.4. The highest BCUT2D eigenvalue weighted by Crippen LogP contribution is 2.15. The molecule has 0 aromatic heterocycles. The Kier molecular flexibility index (Phi) is 16.0. The smallest absolute Gasteiger partial charge is 0.316 e. The van der Waals surface area contributed by atoms with Crippen LogP contribution in [0, 0.1) is 5.92 Å². The summed E-state index contributed by atoms with van der Waals surface area (Å²) in [5.74, 6) is -2.89. The second-order valence-electron chi connectivity index (χ2n) is 8.92. The first-order valence-electron chi connectivity index (χ1n) is 11.4. The minimum Gasteiger partial charge on any atom is -0.481 e. The van der Waals surface area contributed by atoms with E-state index in [2.05, 4.69) is 43.4 Å². The standard InChI is InChI=1S/C25H43NO4/c1-5-6-7-8-9-10-11-12-13-14-15-16-17-18-19-20-22(27)24(25(29)30)23(28)21-26(2,3)4/h6-7,9-10,12-13,23-24,28H,5,8,11,14-21H2,1-4H3/p+1/b7-6-,10-9-,13-12-. The summed E-state index contributed by atoms with van der Waals surface area (Å²) in [7, 11) is 5.60. The van der Waals surface area contributed by atoms with Crippen molar-refractivity contribution in [3.63, 3.8) is 0 Å². The van der Waals surface area contributed by atoms with Crippen LogP contribution < -0.4 is 0 Å². The van der Waals surface area contributed by atoms with Crippen molar-refractivity contribution in [2.75, 3.05) is 27.7 Å². The molecule has 30 heavy (non-hydrogen) atoms. The summed E-state index contributed by atoms with van der Waals surface area (Å²) < 4.78 is 0.416. The zero-order valence-corrected chi connectivity index (χ0v) is 19.6. The van der Waals surface area contributed by atoms with Gasteiger partial charge in [-0.1, -0.05) is 62.6 Å². The van der Waals surface area contributed by atoms with E-state index in [-0.39, 0.29) is 18.7 Å². The average Bonchev–Trinajstić information content (AvgIpc) is 2.63. The number of unbranched alkanes of at least 4 members (excludes halogenated alkanes) is 5. The van der Waals surface area contributed by atoms with Crippen molar-refractivity contribution in [2.45, 2.75) is 77.2 Å². The van der Waals surface area contributed by atoms with Crippen molar-refractivity contribution < 1.29 is 24.3 Å². The molecule has 2 unspecified atom stereocenters. The van der Waals surface area contributed by atoms with E-state index < -0.39 is 18.0 Å². The molecule has 0 fully saturated rings. The number of ketones is 1. The number of hydrogen-bond donors (Lipinski definition) is 2. The Balaban J connectivity index is 3.88. The number of likely N-dealkylation sites (N-methyl/N-ethyl adjacent to an activating group) is 1. The number of aliphatic carboxylic acids is 1. The van der Waals surface area contributed by atoms with E-state index in [1.807, 2.05) is 21.1 Å². The third kappa shape index (κ3) is 16.1. The first kappa shape index (κ1) is 28.3. The topological polar surface area (TPSA) is 74.6 Å². The van der Waals surface area contributed by atoms with Crippen molar-refractivity contribution in [2.24, 2.45) is 5.92 Å². The van der Waals surface area contributed by atoms with E-state index in [0.29, 0.717) is 10.9 Å². The number of aliphatic hydroxyl groups excluding tert-OH is 1. The third-order valence-electron chi connectivity index (χ3n) is 4.81. The monoisotopic (exact) mass is 422 g/mol. The molecule has 0 spiro atoms. The number of aliphatic hydroxyl groups is 1. The number of allylic oxidation sites excluding steroid dienone is 6. The van der Waals surface area contributed by atoms with Crippen molar-refractivity contribution in [1.29, 1.82) is 0 Å². The Bertz CT molecular complexity index is 558. The number of Topliss-reactive ketones (excluding diaryl/α,β-unsaturated/α-hetero) is 1. The Morgan fingerprint density at radius 1 is 0.833 bits per heavy atom. The van der Waals surface area contributed by atoms with E-state index >= 15 is 0 Å². The van der Waals surface area contributed by atoms with E-state index in [4.69, 9.17) is 0 Å². The molecular formula is C25H44NO4+. The summed E-state index contributed by atoms with van der Waals surface area (Å²) >= 11 is 0. The van der Waals surface area contributed by atoms with Gasteiger partial charge in [-0.2, -0.15) is 0 Å². The molecule has 0 radical (unpaired) electrons. The van der Waals surface area contributed by atoms with Crippen LogP contribution >= 0.6 is 0 Å². The maximum absolute atomic E-state index is 12.3. The van der Waals surface area contributed by atoms with Crippen LogP contribution in [0.1, 0.15) is 71.1 Å². The second-order valence-corrected chi connectivity index (χ2v) is 8.92. The first-order chi connectivity index (χ1) is 14.2. The van der Waals surface area contributed by atoms with Crippen LogP contribution in [0.15, 0.2) is 36.5 Å². The van der Waals surface area contributed by atoms with Gasteiger partial charge in [0.2, 0.25) is 0 Å². The third-order valence-corrected chi connectivity index (χ3v) is 4.81. The molecule has 0 aliphatic heterocycles. The molecular weight excluding hydrogens is 378 g/mol. The fourth-order valence-corrected chi connectivity index (χ4v) is 3.26. The molecule has 2 atom stereocenters. The highest BCUT2D eigenvalue weighted by Gasteiger charge is 2.36. The molecule has 172 valence electrons. The molecule has 5 nitrogen and oxygen atoms in total. The van der Waals surface area contributed by atoms with Gasteiger partial charge >= 0.3 is 5.97 Å². The fourth-order valence-electron chi connectivity index (χ4n) is 3.26. The predicted molar refractivity (Wildman–Crippen MR) is 124 cm³/mol. The van der Waals surface area contributed by atoms with Gasteiger partial charge in [-0.3, -0.25) is 9.59 Å². The van der Waals surface area contributed by atoms with Gasteiger partial charge < -0.3 is 14.7 Å². The zero-order chi connectivity index (χ0) is 22.8. The number of hydrogen-bond acceptors (Lipinski definition) is 3. The van der Waals surface area contributed by atoms with Gasteiger partial charge in [-0.05, 0) is 38.5 Å². The van der Waals surface area contributed by atoms with Crippen molar-refractivity contribution in [1.82, 2.24) is 0 Å². The largest absolute Gasteiger partial charge is 0.481 e. The molecule has 2 N–H and O–H groups in total. The number of rotatable bonds is 18. The van der Waals surface area contributed by atoms with E-state index in [1.54, 1.807) is 0 Å². The van der Waals surface area contributed by atoms with Crippen LogP contribution in [0.2, 0.25) is 0 Å². The zero-order valence-electron chi connectivity index (χ0n) is 19.6. The average molecular weight is 423 g/mol. The van der Waals surface area contributed by atoms with Crippen LogP contribution in [0.25, 0.3) is 0 Å². The van der Waals surface area contributed by atoms with Gasteiger partial charge in [0.05, 0.1) is 21.1 Å². The van der Waals surface area contributed by atoms with E-state index in [9.17, 15) is 19.8 Å². The fraction of sp³-hybridized carbons (Fsp3) is 0.680. The van der Waals surface area contributed by atoms with Crippen LogP contribution in [-0.2, 0) is 9.59 Å². The van der Waals surface area contributed by atoms with Crippen LogP contribution in [-0.4, -0.2) is 60.2 Å². The highest BCUT2D eigenvalue weighted by atomic mass is 16.4. The van der Waals surface area contributed by atoms with Crippen LogP contribution in [0.3, 0.4) is 0 Å². The molecule has 0 rings (SSSR count). The number of nitrogens with zero attached hydrogens (tertiary/aromatic N) is 1. The normalized spacial score (nSPS) is 14.7. The lowest BCUT2D eigenvalue weighted by atomic mass is 9.93. The molecule has 5 heteroatoms. The van der Waals surface area contributed by atoms with Crippen LogP contribution in [0.5, 0.6) is 0 Å². The summed E-state index contributed by atoms with van der Waals surface area (Å²) in [6.45, 7) is 2.37. The quantitative estimate of drug-likeness (QED) is 0.142. The number of carbonyl (C=O) groups excluding carboxylic acids is 1. The molecule has 0 heterocycles. The molecule has 0 aromatic rings. The Hall–Kier alpha value is -1.72. The molecule has 0 aromatic carbocycles. The van der Waals surface area contributed by atoms with E-state index in [1.165, 1.54) is 0 Å². The summed E-state index contributed by atoms with van der Waals surface area (Å²) in [6.07, 6.45) is 21.3. The lowest BCUT2D eigenvalue weighted by Gasteiger charge is -2.28. The van der Waals surface area contributed by atoms with Crippen molar-refractivity contribution in [3.05, 3.63) is 36.5 Å². The Morgan fingerprint density at radius 2 is 1.37 bits per heavy atom. The number of quaternary nitrogens is 1. The van der Waals surface area contributed by atoms with Crippen LogP contribution in [0.4, 0.5) is 0 Å². The predicted octanol–water partition coefficient (Wildman–Crippen LogP) is 4.91. The summed E-state index contributed by atoms with van der Waals surface area (Å²) in [6, 6.07) is 0. The van der Waals surface area contributed by atoms with Gasteiger partial charge in [-0.25, -0.2) is 0 Å². The van der Waals surface area contributed by atoms with Gasteiger partial charge in [0.1, 0.15) is 24.3 Å². The number of carboxylic acid groups (broad SMARTS) is 1. The highest BCUT2D eigenvalue weighted by molar-refractivity contribution is 5.98. The minimum absolute atomic E-state index is 0.227. The molecule has 0 saturated carbocycles. The number of carbonyl (C=O) groups is 2. The Morgan fingerprint density at radius 3 is 1.93 bits per heavy atom. The van der Waals surface area contributed by atoms with Gasteiger partial charge in [0, 0.05) is 6.42 Å². The molecule has 0 saturated heterocycles. The summed E-state index contributed by atoms with van der Waals surface area (Å²) in [5.41, 5.74) is 0. The molecule has 0 aliphatic carbocycles. The van der Waals surface area contributed by atoms with Crippen molar-refractivity contribution >= 4 is 11.8 Å². The minimum atomic E-state index is -1.32. The summed E-state index contributed by atoms with van der Waals surface area (Å²) in [5, 5.41) is 19.5. The lowest BCUT2D eigenvalue weighted by Crippen LogP contribution is -2.47. The molecule has 0 aliphatic rings. The van der Waals surface area contributed by atoms with Gasteiger partial charge in [-0.15, -0.1) is 0 Å². The van der Waals surface area contributed by atoms with E-state index in [0.717, 1.165) is 51.4 Å². The maximum Gasteiger partial charge on any atom is 0.316 e. The summed E-state index contributed by atoms with van der Waals surface area (Å²) in [4.78, 5) is 23.7. The van der Waals surface area contributed by atoms with Gasteiger partial charge in [0.25, 0.3) is 0 Å². The SMILES string of the molecule is CC/C=C\C/C=C\C/C=C\CCCCCCCC(=O)C(C(=O)O)C(O)C[N+](C)(C)C. The van der Waals surface area contributed by atoms with Gasteiger partial charge in [0.15, 0.2) is 0 Å². The molecule has 0 bridgehead atoms. The maximum atomic E-state index is 12.3. The Labute approximate surface area is 183 Å². The second kappa shape index (κ2) is 17.0. The lowest BCUT2D eigenvalue weighted by molar-refractivity contribution is -0.873. The van der Waals surface area contributed by atoms with Crippen molar-refractivity contribution in [3.8, 4) is 0 Å².